The minimum absolute atomic E-state index is 0.414. The van der Waals surface area contributed by atoms with Crippen molar-refractivity contribution in [2.75, 3.05) is 0 Å². The predicted octanol–water partition coefficient (Wildman–Crippen LogP) is 7.07. The van der Waals surface area contributed by atoms with Crippen LogP contribution >= 0.6 is 0 Å². The molecule has 4 rings (SSSR count). The van der Waals surface area contributed by atoms with Crippen LogP contribution in [-0.4, -0.2) is 0 Å². The Morgan fingerprint density at radius 2 is 0.969 bits per heavy atom. The largest absolute Gasteiger partial charge is 0.489 e. The van der Waals surface area contributed by atoms with Crippen molar-refractivity contribution in [1.29, 1.82) is 0 Å². The standard InChI is InChI=1S/C29H26O3/c1-2-23-13-15-27(16-14-23)30-22-26-17-28(31-20-24-9-5-3-6-10-24)19-29(18-26)32-21-25-11-7-4-8-12-25/h2-19H,1,20-22H2. The van der Waals surface area contributed by atoms with Crippen molar-refractivity contribution in [3.8, 4) is 17.2 Å². The SMILES string of the molecule is C=Cc1ccc(OCc2cc(OCc3ccccc3)cc(OCc3ccccc3)c2)cc1. The number of hydrogen-bond acceptors (Lipinski definition) is 3. The molecule has 0 aliphatic rings. The summed E-state index contributed by atoms with van der Waals surface area (Å²) in [7, 11) is 0. The number of rotatable bonds is 10. The molecular formula is C29H26O3. The van der Waals surface area contributed by atoms with Crippen molar-refractivity contribution in [2.45, 2.75) is 19.8 Å². The van der Waals surface area contributed by atoms with Gasteiger partial charge in [-0.2, -0.15) is 0 Å². The molecule has 0 heterocycles. The number of hydrogen-bond donors (Lipinski definition) is 0. The first-order valence-electron chi connectivity index (χ1n) is 10.6. The first-order valence-corrected chi connectivity index (χ1v) is 10.6. The van der Waals surface area contributed by atoms with Crippen LogP contribution in [0.5, 0.6) is 17.2 Å². The second kappa shape index (κ2) is 10.9. The van der Waals surface area contributed by atoms with Gasteiger partial charge < -0.3 is 14.2 Å². The fourth-order valence-corrected chi connectivity index (χ4v) is 3.23. The lowest BCUT2D eigenvalue weighted by atomic mass is 10.2. The first kappa shape index (κ1) is 21.3. The quantitative estimate of drug-likeness (QED) is 0.274. The minimum atomic E-state index is 0.414. The molecule has 3 nitrogen and oxygen atoms in total. The molecule has 0 N–H and O–H groups in total. The van der Waals surface area contributed by atoms with E-state index in [1.165, 1.54) is 0 Å². The summed E-state index contributed by atoms with van der Waals surface area (Å²) >= 11 is 0. The molecule has 4 aromatic carbocycles. The third-order valence-corrected chi connectivity index (χ3v) is 4.96. The average molecular weight is 423 g/mol. The summed E-state index contributed by atoms with van der Waals surface area (Å²) in [6, 6.07) is 34.0. The van der Waals surface area contributed by atoms with Gasteiger partial charge in [0, 0.05) is 6.07 Å². The van der Waals surface area contributed by atoms with Gasteiger partial charge in [-0.1, -0.05) is 85.5 Å². The van der Waals surface area contributed by atoms with E-state index in [0.717, 1.165) is 39.5 Å². The summed E-state index contributed by atoms with van der Waals surface area (Å²) in [5, 5.41) is 0. The Hall–Kier alpha value is -3.98. The van der Waals surface area contributed by atoms with E-state index in [1.54, 1.807) is 0 Å². The highest BCUT2D eigenvalue weighted by atomic mass is 16.5. The van der Waals surface area contributed by atoms with Gasteiger partial charge in [-0.05, 0) is 46.5 Å². The Kier molecular flexibility index (Phi) is 7.22. The highest BCUT2D eigenvalue weighted by molar-refractivity contribution is 5.48. The van der Waals surface area contributed by atoms with Gasteiger partial charge in [0.1, 0.15) is 37.1 Å². The van der Waals surface area contributed by atoms with E-state index in [4.69, 9.17) is 14.2 Å². The van der Waals surface area contributed by atoms with E-state index in [9.17, 15) is 0 Å². The molecule has 0 aliphatic heterocycles. The molecule has 0 radical (unpaired) electrons. The molecule has 0 bridgehead atoms. The maximum Gasteiger partial charge on any atom is 0.123 e. The van der Waals surface area contributed by atoms with Crippen LogP contribution < -0.4 is 14.2 Å². The van der Waals surface area contributed by atoms with E-state index in [-0.39, 0.29) is 0 Å². The van der Waals surface area contributed by atoms with Gasteiger partial charge in [-0.3, -0.25) is 0 Å². The van der Waals surface area contributed by atoms with Gasteiger partial charge in [0.2, 0.25) is 0 Å². The summed E-state index contributed by atoms with van der Waals surface area (Å²) < 4.78 is 18.1. The molecule has 0 atom stereocenters. The third kappa shape index (κ3) is 6.26. The molecule has 0 saturated carbocycles. The van der Waals surface area contributed by atoms with Crippen LogP contribution in [0, 0.1) is 0 Å². The van der Waals surface area contributed by atoms with Crippen molar-refractivity contribution in [1.82, 2.24) is 0 Å². The topological polar surface area (TPSA) is 27.7 Å². The van der Waals surface area contributed by atoms with Gasteiger partial charge in [-0.25, -0.2) is 0 Å². The molecule has 3 heteroatoms. The molecule has 0 unspecified atom stereocenters. The zero-order valence-electron chi connectivity index (χ0n) is 17.9. The van der Waals surface area contributed by atoms with Crippen molar-refractivity contribution < 1.29 is 14.2 Å². The Labute approximate surface area is 189 Å². The average Bonchev–Trinajstić information content (AvgIpc) is 2.86. The van der Waals surface area contributed by atoms with Crippen LogP contribution in [0.3, 0.4) is 0 Å². The lowest BCUT2D eigenvalue weighted by Gasteiger charge is -2.13. The highest BCUT2D eigenvalue weighted by Crippen LogP contribution is 2.26. The molecule has 0 spiro atoms. The molecule has 0 saturated heterocycles. The number of benzene rings is 4. The molecule has 0 amide bonds. The van der Waals surface area contributed by atoms with Gasteiger partial charge in [0.25, 0.3) is 0 Å². The van der Waals surface area contributed by atoms with E-state index in [2.05, 4.69) is 6.58 Å². The van der Waals surface area contributed by atoms with Crippen LogP contribution in [0.25, 0.3) is 6.08 Å². The fourth-order valence-electron chi connectivity index (χ4n) is 3.23. The fraction of sp³-hybridized carbons (Fsp3) is 0.103. The Bertz CT molecular complexity index is 1060. The zero-order chi connectivity index (χ0) is 22.0. The van der Waals surface area contributed by atoms with Crippen LogP contribution in [0.1, 0.15) is 22.3 Å². The smallest absolute Gasteiger partial charge is 0.123 e. The Morgan fingerprint density at radius 3 is 1.47 bits per heavy atom. The Balaban J connectivity index is 1.47. The summed E-state index contributed by atoms with van der Waals surface area (Å²) in [6.45, 7) is 5.18. The summed E-state index contributed by atoms with van der Waals surface area (Å²) in [5.41, 5.74) is 4.27. The van der Waals surface area contributed by atoms with E-state index < -0.39 is 0 Å². The lowest BCUT2D eigenvalue weighted by molar-refractivity contribution is 0.281. The van der Waals surface area contributed by atoms with E-state index >= 15 is 0 Å². The maximum absolute atomic E-state index is 6.06. The highest BCUT2D eigenvalue weighted by Gasteiger charge is 2.06. The van der Waals surface area contributed by atoms with Crippen LogP contribution in [0.4, 0.5) is 0 Å². The van der Waals surface area contributed by atoms with Crippen molar-refractivity contribution in [3.63, 3.8) is 0 Å². The van der Waals surface area contributed by atoms with Crippen molar-refractivity contribution in [2.24, 2.45) is 0 Å². The third-order valence-electron chi connectivity index (χ3n) is 4.96. The Morgan fingerprint density at radius 1 is 0.500 bits per heavy atom. The van der Waals surface area contributed by atoms with E-state index in [1.807, 2.05) is 109 Å². The van der Waals surface area contributed by atoms with E-state index in [0.29, 0.717) is 19.8 Å². The van der Waals surface area contributed by atoms with Crippen molar-refractivity contribution >= 4 is 6.08 Å². The molecule has 32 heavy (non-hydrogen) atoms. The second-order valence-electron chi connectivity index (χ2n) is 7.42. The summed E-state index contributed by atoms with van der Waals surface area (Å²) in [4.78, 5) is 0. The minimum Gasteiger partial charge on any atom is -0.489 e. The zero-order valence-corrected chi connectivity index (χ0v) is 17.9. The lowest BCUT2D eigenvalue weighted by Crippen LogP contribution is -2.01. The normalized spacial score (nSPS) is 10.4. The molecule has 0 fully saturated rings. The van der Waals surface area contributed by atoms with Gasteiger partial charge in [0.05, 0.1) is 0 Å². The molecule has 0 aliphatic carbocycles. The van der Waals surface area contributed by atoms with Gasteiger partial charge in [0.15, 0.2) is 0 Å². The number of ether oxygens (including phenoxy) is 3. The molecule has 160 valence electrons. The van der Waals surface area contributed by atoms with Gasteiger partial charge >= 0.3 is 0 Å². The molecular weight excluding hydrogens is 396 g/mol. The predicted molar refractivity (Wildman–Crippen MR) is 129 cm³/mol. The molecule has 0 aromatic heterocycles. The molecule has 4 aromatic rings. The summed E-state index contributed by atoms with van der Waals surface area (Å²) in [6.07, 6.45) is 1.81. The van der Waals surface area contributed by atoms with Crippen LogP contribution in [0.2, 0.25) is 0 Å². The first-order chi connectivity index (χ1) is 15.8. The van der Waals surface area contributed by atoms with Crippen molar-refractivity contribution in [3.05, 3.63) is 132 Å². The maximum atomic E-state index is 6.06. The monoisotopic (exact) mass is 422 g/mol. The second-order valence-corrected chi connectivity index (χ2v) is 7.42. The van der Waals surface area contributed by atoms with Gasteiger partial charge in [-0.15, -0.1) is 0 Å². The van der Waals surface area contributed by atoms with Crippen LogP contribution in [0.15, 0.2) is 110 Å². The van der Waals surface area contributed by atoms with Crippen LogP contribution in [-0.2, 0) is 19.8 Å². The summed E-state index contributed by atoms with van der Waals surface area (Å²) in [5.74, 6) is 2.30.